The number of aromatic nitrogens is 1. The van der Waals surface area contributed by atoms with Crippen molar-refractivity contribution in [3.63, 3.8) is 0 Å². The van der Waals surface area contributed by atoms with Crippen LogP contribution in [-0.2, 0) is 6.42 Å². The summed E-state index contributed by atoms with van der Waals surface area (Å²) < 4.78 is 31.4. The molecule has 18 heavy (non-hydrogen) atoms. The first-order valence-electron chi connectivity index (χ1n) is 5.34. The molecule has 6 heteroatoms. The molecular weight excluding hydrogens is 258 g/mol. The highest BCUT2D eigenvalue weighted by molar-refractivity contribution is 7.09. The average Bonchev–Trinajstić information content (AvgIpc) is 2.71. The van der Waals surface area contributed by atoms with Crippen molar-refractivity contribution in [2.45, 2.75) is 13.3 Å². The number of hydrogen-bond donors (Lipinski definition) is 1. The average molecular weight is 270 g/mol. The summed E-state index contributed by atoms with van der Waals surface area (Å²) in [5.41, 5.74) is 7.99. The van der Waals surface area contributed by atoms with E-state index in [0.717, 1.165) is 22.7 Å². The number of nitrogens with two attached hydrogens (primary N) is 1. The number of rotatable bonds is 4. The monoisotopic (exact) mass is 270 g/mol. The van der Waals surface area contributed by atoms with Crippen molar-refractivity contribution in [1.82, 2.24) is 4.98 Å². The van der Waals surface area contributed by atoms with Crippen LogP contribution in [0.3, 0.4) is 0 Å². The van der Waals surface area contributed by atoms with Gasteiger partial charge in [-0.25, -0.2) is 13.8 Å². The zero-order chi connectivity index (χ0) is 13.1. The van der Waals surface area contributed by atoms with Gasteiger partial charge in [-0.1, -0.05) is 0 Å². The zero-order valence-corrected chi connectivity index (χ0v) is 10.6. The Morgan fingerprint density at radius 2 is 2.17 bits per heavy atom. The second-order valence-corrected chi connectivity index (χ2v) is 4.70. The molecule has 2 rings (SSSR count). The van der Waals surface area contributed by atoms with Crippen LogP contribution in [0.1, 0.15) is 10.6 Å². The van der Waals surface area contributed by atoms with Crippen molar-refractivity contribution in [3.05, 3.63) is 39.8 Å². The highest BCUT2D eigenvalue weighted by Gasteiger charge is 2.10. The number of aryl methyl sites for hydroxylation is 1. The Kier molecular flexibility index (Phi) is 3.76. The van der Waals surface area contributed by atoms with E-state index in [4.69, 9.17) is 10.5 Å². The minimum Gasteiger partial charge on any atom is -0.491 e. The summed E-state index contributed by atoms with van der Waals surface area (Å²) >= 11 is 1.52. The summed E-state index contributed by atoms with van der Waals surface area (Å²) in [7, 11) is 0. The van der Waals surface area contributed by atoms with Crippen LogP contribution in [0.2, 0.25) is 0 Å². The fourth-order valence-electron chi connectivity index (χ4n) is 1.50. The second-order valence-electron chi connectivity index (χ2n) is 3.76. The highest BCUT2D eigenvalue weighted by Crippen LogP contribution is 2.26. The predicted molar refractivity (Wildman–Crippen MR) is 66.8 cm³/mol. The van der Waals surface area contributed by atoms with Crippen molar-refractivity contribution in [2.24, 2.45) is 0 Å². The fourth-order valence-corrected chi connectivity index (χ4v) is 2.26. The summed E-state index contributed by atoms with van der Waals surface area (Å²) in [6.45, 7) is 2.21. The molecule has 0 fully saturated rings. The van der Waals surface area contributed by atoms with Crippen molar-refractivity contribution in [1.29, 1.82) is 0 Å². The molecule has 3 nitrogen and oxygen atoms in total. The van der Waals surface area contributed by atoms with Gasteiger partial charge in [-0.15, -0.1) is 11.3 Å². The zero-order valence-electron chi connectivity index (χ0n) is 9.74. The van der Waals surface area contributed by atoms with E-state index in [1.54, 1.807) is 5.51 Å². The van der Waals surface area contributed by atoms with E-state index in [1.165, 1.54) is 11.3 Å². The third-order valence-corrected chi connectivity index (χ3v) is 3.48. The van der Waals surface area contributed by atoms with Crippen LogP contribution in [0.4, 0.5) is 14.5 Å². The number of thiazole rings is 1. The van der Waals surface area contributed by atoms with E-state index in [-0.39, 0.29) is 11.4 Å². The summed E-state index contributed by atoms with van der Waals surface area (Å²) in [4.78, 5) is 5.19. The fraction of sp³-hybridized carbons (Fsp3) is 0.250. The Labute approximate surface area is 107 Å². The molecule has 1 aromatic carbocycles. The van der Waals surface area contributed by atoms with Gasteiger partial charge in [0.2, 0.25) is 0 Å². The van der Waals surface area contributed by atoms with E-state index in [9.17, 15) is 8.78 Å². The lowest BCUT2D eigenvalue weighted by Gasteiger charge is -2.09. The van der Waals surface area contributed by atoms with Crippen molar-refractivity contribution in [3.8, 4) is 5.75 Å². The van der Waals surface area contributed by atoms with Crippen LogP contribution < -0.4 is 10.5 Å². The summed E-state index contributed by atoms with van der Waals surface area (Å²) in [6.07, 6.45) is 0.633. The molecule has 0 aliphatic heterocycles. The Balaban J connectivity index is 2.01. The SMILES string of the molecule is Cc1ncsc1CCOc1cc(F)cc(F)c1N. The number of anilines is 1. The number of benzene rings is 1. The van der Waals surface area contributed by atoms with Gasteiger partial charge in [-0.05, 0) is 6.92 Å². The molecule has 0 amide bonds. The van der Waals surface area contributed by atoms with Gasteiger partial charge in [0.05, 0.1) is 17.8 Å². The van der Waals surface area contributed by atoms with E-state index in [1.807, 2.05) is 6.92 Å². The maximum absolute atomic E-state index is 13.2. The van der Waals surface area contributed by atoms with Crippen LogP contribution in [0.15, 0.2) is 17.6 Å². The van der Waals surface area contributed by atoms with Crippen LogP contribution >= 0.6 is 11.3 Å². The van der Waals surface area contributed by atoms with Gasteiger partial charge in [0.25, 0.3) is 0 Å². The smallest absolute Gasteiger partial charge is 0.152 e. The predicted octanol–water partition coefficient (Wildman–Crippen LogP) is 2.93. The molecule has 0 aliphatic carbocycles. The molecule has 0 spiro atoms. The molecule has 0 saturated carbocycles. The lowest BCUT2D eigenvalue weighted by atomic mass is 10.2. The van der Waals surface area contributed by atoms with Crippen molar-refractivity contribution in [2.75, 3.05) is 12.3 Å². The topological polar surface area (TPSA) is 48.1 Å². The Hall–Kier alpha value is -1.69. The van der Waals surface area contributed by atoms with Crippen LogP contribution in [0, 0.1) is 18.6 Å². The summed E-state index contributed by atoms with van der Waals surface area (Å²) in [5.74, 6) is -1.47. The van der Waals surface area contributed by atoms with Gasteiger partial charge in [-0.3, -0.25) is 0 Å². The molecule has 0 atom stereocenters. The van der Waals surface area contributed by atoms with E-state index in [2.05, 4.69) is 4.98 Å². The quantitative estimate of drug-likeness (QED) is 0.869. The molecule has 1 aromatic heterocycles. The van der Waals surface area contributed by atoms with Crippen LogP contribution in [0.5, 0.6) is 5.75 Å². The second kappa shape index (κ2) is 5.30. The maximum Gasteiger partial charge on any atom is 0.152 e. The van der Waals surface area contributed by atoms with Gasteiger partial charge < -0.3 is 10.5 Å². The Bertz CT molecular complexity index is 557. The van der Waals surface area contributed by atoms with Crippen molar-refractivity contribution < 1.29 is 13.5 Å². The van der Waals surface area contributed by atoms with Gasteiger partial charge >= 0.3 is 0 Å². The van der Waals surface area contributed by atoms with Crippen molar-refractivity contribution >= 4 is 17.0 Å². The number of halogens is 2. The minimum atomic E-state index is -0.807. The summed E-state index contributed by atoms with van der Waals surface area (Å²) in [5, 5.41) is 0. The lowest BCUT2D eigenvalue weighted by Crippen LogP contribution is -2.05. The Morgan fingerprint density at radius 3 is 2.83 bits per heavy atom. The number of nitrogen functional groups attached to an aromatic ring is 1. The molecule has 0 unspecified atom stereocenters. The van der Waals surface area contributed by atoms with Crippen LogP contribution in [-0.4, -0.2) is 11.6 Å². The number of ether oxygens (including phenoxy) is 1. The van der Waals surface area contributed by atoms with Crippen LogP contribution in [0.25, 0.3) is 0 Å². The van der Waals surface area contributed by atoms with Gasteiger partial charge in [0, 0.05) is 23.4 Å². The third-order valence-electron chi connectivity index (χ3n) is 2.49. The first kappa shape index (κ1) is 12.8. The molecular formula is C12H12F2N2OS. The van der Waals surface area contributed by atoms with E-state index >= 15 is 0 Å². The number of hydrogen-bond acceptors (Lipinski definition) is 4. The van der Waals surface area contributed by atoms with E-state index in [0.29, 0.717) is 13.0 Å². The molecule has 1 heterocycles. The molecule has 0 saturated heterocycles. The first-order chi connectivity index (χ1) is 8.58. The molecule has 0 radical (unpaired) electrons. The largest absolute Gasteiger partial charge is 0.491 e. The van der Waals surface area contributed by atoms with E-state index < -0.39 is 11.6 Å². The normalized spacial score (nSPS) is 10.6. The van der Waals surface area contributed by atoms with Gasteiger partial charge in [-0.2, -0.15) is 0 Å². The molecule has 0 bridgehead atoms. The lowest BCUT2D eigenvalue weighted by molar-refractivity contribution is 0.321. The van der Waals surface area contributed by atoms with Gasteiger partial charge in [0.15, 0.2) is 5.82 Å². The maximum atomic E-state index is 13.2. The number of nitrogens with zero attached hydrogens (tertiary/aromatic N) is 1. The standard InChI is InChI=1S/C12H12F2N2OS/c1-7-11(18-6-16-7)2-3-17-10-5-8(13)4-9(14)12(10)15/h4-6H,2-3,15H2,1H3. The van der Waals surface area contributed by atoms with Gasteiger partial charge in [0.1, 0.15) is 17.3 Å². The molecule has 96 valence electrons. The molecule has 2 aromatic rings. The molecule has 0 aliphatic rings. The Morgan fingerprint density at radius 1 is 1.39 bits per heavy atom. The summed E-state index contributed by atoms with van der Waals surface area (Å²) in [6, 6.07) is 1.81. The first-order valence-corrected chi connectivity index (χ1v) is 6.22. The minimum absolute atomic E-state index is 0.0367. The highest BCUT2D eigenvalue weighted by atomic mass is 32.1. The molecule has 2 N–H and O–H groups in total. The third kappa shape index (κ3) is 2.76.